The van der Waals surface area contributed by atoms with Crippen LogP contribution in [-0.2, 0) is 16.0 Å². The Balaban J connectivity index is 2.47. The van der Waals surface area contributed by atoms with Gasteiger partial charge in [-0.2, -0.15) is 0 Å². The first-order chi connectivity index (χ1) is 9.52. The standard InChI is InChI=1S/C13H16N2O5/c1-14-13(19)15-11(16)6-7-20-10-5-3-2-4-9(10)8-12(17)18/h2-5H,6-8H2,1H3,(H,17,18)(H2,14,15,16,19). The third-order valence-electron chi connectivity index (χ3n) is 2.38. The first kappa shape index (κ1) is 15.5. The Morgan fingerprint density at radius 2 is 1.95 bits per heavy atom. The van der Waals surface area contributed by atoms with Crippen LogP contribution in [0.2, 0.25) is 0 Å². The quantitative estimate of drug-likeness (QED) is 0.705. The van der Waals surface area contributed by atoms with Crippen LogP contribution in [0.25, 0.3) is 0 Å². The Bertz CT molecular complexity index is 501. The third kappa shape index (κ3) is 5.38. The van der Waals surface area contributed by atoms with Crippen molar-refractivity contribution >= 4 is 17.9 Å². The fourth-order valence-electron chi connectivity index (χ4n) is 1.46. The number of nitrogens with one attached hydrogen (secondary N) is 2. The van der Waals surface area contributed by atoms with Gasteiger partial charge in [0, 0.05) is 12.6 Å². The third-order valence-corrected chi connectivity index (χ3v) is 2.38. The summed E-state index contributed by atoms with van der Waals surface area (Å²) in [7, 11) is 1.40. The van der Waals surface area contributed by atoms with Gasteiger partial charge in [-0.05, 0) is 6.07 Å². The summed E-state index contributed by atoms with van der Waals surface area (Å²) in [4.78, 5) is 32.9. The van der Waals surface area contributed by atoms with E-state index in [1.54, 1.807) is 24.3 Å². The second-order valence-electron chi connectivity index (χ2n) is 3.90. The molecule has 0 atom stereocenters. The zero-order chi connectivity index (χ0) is 15.0. The Kier molecular flexibility index (Phi) is 6.02. The van der Waals surface area contributed by atoms with Gasteiger partial charge in [0.25, 0.3) is 0 Å². The van der Waals surface area contributed by atoms with E-state index in [4.69, 9.17) is 9.84 Å². The van der Waals surface area contributed by atoms with Crippen molar-refractivity contribution in [2.75, 3.05) is 13.7 Å². The SMILES string of the molecule is CNC(=O)NC(=O)CCOc1ccccc1CC(=O)O. The molecule has 0 fully saturated rings. The van der Waals surface area contributed by atoms with E-state index < -0.39 is 17.9 Å². The molecule has 0 saturated carbocycles. The number of carbonyl (C=O) groups is 3. The molecule has 0 saturated heterocycles. The van der Waals surface area contributed by atoms with E-state index in [2.05, 4.69) is 10.6 Å². The Morgan fingerprint density at radius 1 is 1.25 bits per heavy atom. The van der Waals surface area contributed by atoms with Gasteiger partial charge >= 0.3 is 12.0 Å². The maximum atomic E-state index is 11.3. The molecule has 1 aromatic carbocycles. The number of benzene rings is 1. The molecule has 0 radical (unpaired) electrons. The van der Waals surface area contributed by atoms with Gasteiger partial charge in [0.1, 0.15) is 5.75 Å². The van der Waals surface area contributed by atoms with Crippen LogP contribution < -0.4 is 15.4 Å². The lowest BCUT2D eigenvalue weighted by Gasteiger charge is -2.10. The first-order valence-electron chi connectivity index (χ1n) is 5.97. The van der Waals surface area contributed by atoms with Crippen LogP contribution in [0.15, 0.2) is 24.3 Å². The summed E-state index contributed by atoms with van der Waals surface area (Å²) < 4.78 is 5.37. The highest BCUT2D eigenvalue weighted by molar-refractivity contribution is 5.94. The summed E-state index contributed by atoms with van der Waals surface area (Å²) in [6, 6.07) is 6.12. The van der Waals surface area contributed by atoms with Crippen molar-refractivity contribution < 1.29 is 24.2 Å². The molecule has 0 spiro atoms. The number of amides is 3. The molecule has 0 aromatic heterocycles. The highest BCUT2D eigenvalue weighted by Gasteiger charge is 2.09. The molecule has 1 aromatic rings. The number of carboxylic acid groups (broad SMARTS) is 1. The highest BCUT2D eigenvalue weighted by atomic mass is 16.5. The van der Waals surface area contributed by atoms with E-state index in [-0.39, 0.29) is 19.4 Å². The minimum atomic E-state index is -0.960. The van der Waals surface area contributed by atoms with Gasteiger partial charge in [0.2, 0.25) is 5.91 Å². The number of ether oxygens (including phenoxy) is 1. The van der Waals surface area contributed by atoms with E-state index in [1.165, 1.54) is 7.05 Å². The highest BCUT2D eigenvalue weighted by Crippen LogP contribution is 2.18. The van der Waals surface area contributed by atoms with E-state index in [9.17, 15) is 14.4 Å². The fraction of sp³-hybridized carbons (Fsp3) is 0.308. The Hall–Kier alpha value is -2.57. The molecule has 0 bridgehead atoms. The molecule has 20 heavy (non-hydrogen) atoms. The van der Waals surface area contributed by atoms with Crippen LogP contribution in [0, 0.1) is 0 Å². The summed E-state index contributed by atoms with van der Waals surface area (Å²) >= 11 is 0. The lowest BCUT2D eigenvalue weighted by Crippen LogP contribution is -2.37. The number of urea groups is 1. The molecule has 0 aliphatic heterocycles. The number of carbonyl (C=O) groups excluding carboxylic acids is 2. The molecule has 7 nitrogen and oxygen atoms in total. The predicted molar refractivity (Wildman–Crippen MR) is 70.5 cm³/mol. The van der Waals surface area contributed by atoms with Gasteiger partial charge in [-0.1, -0.05) is 18.2 Å². The zero-order valence-electron chi connectivity index (χ0n) is 11.0. The van der Waals surface area contributed by atoms with Gasteiger partial charge in [-0.25, -0.2) is 4.79 Å². The van der Waals surface area contributed by atoms with Crippen molar-refractivity contribution in [3.05, 3.63) is 29.8 Å². The van der Waals surface area contributed by atoms with Gasteiger partial charge < -0.3 is 15.2 Å². The van der Waals surface area contributed by atoms with Crippen LogP contribution >= 0.6 is 0 Å². The van der Waals surface area contributed by atoms with Gasteiger partial charge in [-0.15, -0.1) is 0 Å². The molecular weight excluding hydrogens is 264 g/mol. The molecule has 0 aliphatic carbocycles. The van der Waals surface area contributed by atoms with Crippen LogP contribution in [0.3, 0.4) is 0 Å². The van der Waals surface area contributed by atoms with Crippen LogP contribution in [-0.4, -0.2) is 36.7 Å². The van der Waals surface area contributed by atoms with Crippen LogP contribution in [0.5, 0.6) is 5.75 Å². The van der Waals surface area contributed by atoms with Crippen molar-refractivity contribution in [2.45, 2.75) is 12.8 Å². The maximum Gasteiger partial charge on any atom is 0.321 e. The van der Waals surface area contributed by atoms with E-state index >= 15 is 0 Å². The predicted octanol–water partition coefficient (Wildman–Crippen LogP) is 0.538. The van der Waals surface area contributed by atoms with Crippen LogP contribution in [0.1, 0.15) is 12.0 Å². The van der Waals surface area contributed by atoms with Gasteiger partial charge in [0.05, 0.1) is 19.4 Å². The van der Waals surface area contributed by atoms with E-state index in [0.29, 0.717) is 11.3 Å². The summed E-state index contributed by atoms with van der Waals surface area (Å²) in [6.07, 6.45) is -0.157. The number of aliphatic carboxylic acids is 1. The van der Waals surface area contributed by atoms with Crippen molar-refractivity contribution in [3.63, 3.8) is 0 Å². The molecule has 0 aliphatic rings. The van der Waals surface area contributed by atoms with Crippen molar-refractivity contribution in [2.24, 2.45) is 0 Å². The van der Waals surface area contributed by atoms with Crippen molar-refractivity contribution in [1.29, 1.82) is 0 Å². The number of carboxylic acids is 1. The number of rotatable bonds is 6. The topological polar surface area (TPSA) is 105 Å². The molecule has 7 heteroatoms. The average Bonchev–Trinajstić information content (AvgIpc) is 2.40. The molecule has 108 valence electrons. The number of imide groups is 1. The summed E-state index contributed by atoms with van der Waals surface area (Å²) in [5, 5.41) is 13.1. The molecule has 3 N–H and O–H groups in total. The maximum absolute atomic E-state index is 11.3. The van der Waals surface area contributed by atoms with Crippen molar-refractivity contribution in [1.82, 2.24) is 10.6 Å². The monoisotopic (exact) mass is 280 g/mol. The van der Waals surface area contributed by atoms with Gasteiger partial charge in [-0.3, -0.25) is 14.9 Å². The minimum Gasteiger partial charge on any atom is -0.493 e. The van der Waals surface area contributed by atoms with E-state index in [0.717, 1.165) is 0 Å². The largest absolute Gasteiger partial charge is 0.493 e. The van der Waals surface area contributed by atoms with Crippen molar-refractivity contribution in [3.8, 4) is 5.75 Å². The molecular formula is C13H16N2O5. The summed E-state index contributed by atoms with van der Waals surface area (Å²) in [5.74, 6) is -1.01. The second-order valence-corrected chi connectivity index (χ2v) is 3.90. The number of para-hydroxylation sites is 1. The normalized spacial score (nSPS) is 9.65. The van der Waals surface area contributed by atoms with Gasteiger partial charge in [0.15, 0.2) is 0 Å². The number of hydrogen-bond acceptors (Lipinski definition) is 4. The summed E-state index contributed by atoms with van der Waals surface area (Å²) in [6.45, 7) is 0.0550. The molecule has 1 rings (SSSR count). The fourth-order valence-corrected chi connectivity index (χ4v) is 1.46. The van der Waals surface area contributed by atoms with E-state index in [1.807, 2.05) is 0 Å². The first-order valence-corrected chi connectivity index (χ1v) is 5.97. The summed E-state index contributed by atoms with van der Waals surface area (Å²) in [5.41, 5.74) is 0.534. The smallest absolute Gasteiger partial charge is 0.321 e. The van der Waals surface area contributed by atoms with Crippen LogP contribution in [0.4, 0.5) is 4.79 Å². The second kappa shape index (κ2) is 7.78. The lowest BCUT2D eigenvalue weighted by atomic mass is 10.1. The number of hydrogen-bond donors (Lipinski definition) is 3. The Morgan fingerprint density at radius 3 is 2.60 bits per heavy atom. The zero-order valence-corrected chi connectivity index (χ0v) is 11.0. The molecule has 3 amide bonds. The minimum absolute atomic E-state index is 0.00513. The molecule has 0 unspecified atom stereocenters. The Labute approximate surface area is 115 Å². The molecule has 0 heterocycles. The average molecular weight is 280 g/mol. The lowest BCUT2D eigenvalue weighted by molar-refractivity contribution is -0.136.